The summed E-state index contributed by atoms with van der Waals surface area (Å²) >= 11 is 1.34. The quantitative estimate of drug-likeness (QED) is 0.804. The summed E-state index contributed by atoms with van der Waals surface area (Å²) in [4.78, 5) is 1.05. The highest BCUT2D eigenvalue weighted by molar-refractivity contribution is 7.91. The van der Waals surface area contributed by atoms with Gasteiger partial charge in [0.15, 0.2) is 0 Å². The largest absolute Gasteiger partial charge is 0.312 e. The molecule has 0 aromatic carbocycles. The molecule has 1 fully saturated rings. The molecule has 0 bridgehead atoms. The Balaban J connectivity index is 1.93. The van der Waals surface area contributed by atoms with Crippen molar-refractivity contribution in [3.05, 3.63) is 17.0 Å². The van der Waals surface area contributed by atoms with Gasteiger partial charge in [-0.1, -0.05) is 13.8 Å². The van der Waals surface area contributed by atoms with Crippen LogP contribution in [0.25, 0.3) is 0 Å². The van der Waals surface area contributed by atoms with Gasteiger partial charge in [-0.3, -0.25) is 0 Å². The van der Waals surface area contributed by atoms with Crippen LogP contribution in [0.3, 0.4) is 0 Å². The lowest BCUT2D eigenvalue weighted by molar-refractivity contribution is 0.576. The number of hydrogen-bond acceptors (Lipinski definition) is 4. The fourth-order valence-electron chi connectivity index (χ4n) is 1.82. The molecule has 1 saturated carbocycles. The molecule has 0 saturated heterocycles. The predicted octanol–water partition coefficient (Wildman–Crippen LogP) is 1.79. The summed E-state index contributed by atoms with van der Waals surface area (Å²) in [5, 5.41) is 3.19. The zero-order valence-corrected chi connectivity index (χ0v) is 12.4. The molecule has 18 heavy (non-hydrogen) atoms. The van der Waals surface area contributed by atoms with E-state index in [2.05, 4.69) is 17.0 Å². The SMILES string of the molecule is CCNCc1ccc(S(=O)(=O)NCC2CC2C)s1. The van der Waals surface area contributed by atoms with Gasteiger partial charge < -0.3 is 5.32 Å². The van der Waals surface area contributed by atoms with Gasteiger partial charge in [0.05, 0.1) is 0 Å². The van der Waals surface area contributed by atoms with Crippen molar-refractivity contribution in [3.8, 4) is 0 Å². The van der Waals surface area contributed by atoms with Crippen molar-refractivity contribution in [3.63, 3.8) is 0 Å². The number of rotatable bonds is 7. The topological polar surface area (TPSA) is 58.2 Å². The first-order valence-electron chi connectivity index (χ1n) is 6.32. The standard InChI is InChI=1S/C12H20N2O2S2/c1-3-13-8-11-4-5-12(17-11)18(15,16)14-7-10-6-9(10)2/h4-5,9-10,13-14H,3,6-8H2,1-2H3. The number of thiophene rings is 1. The Bertz CT molecular complexity index is 496. The molecule has 0 spiro atoms. The lowest BCUT2D eigenvalue weighted by Gasteiger charge is -2.03. The van der Waals surface area contributed by atoms with Crippen molar-refractivity contribution in [2.75, 3.05) is 13.1 Å². The Morgan fingerprint density at radius 2 is 2.17 bits per heavy atom. The van der Waals surface area contributed by atoms with Gasteiger partial charge in [-0.25, -0.2) is 13.1 Å². The van der Waals surface area contributed by atoms with Crippen molar-refractivity contribution in [1.82, 2.24) is 10.0 Å². The molecular formula is C12H20N2O2S2. The molecule has 2 atom stereocenters. The number of hydrogen-bond donors (Lipinski definition) is 2. The van der Waals surface area contributed by atoms with Crippen LogP contribution in [0.15, 0.2) is 16.3 Å². The highest BCUT2D eigenvalue weighted by Gasteiger charge is 2.33. The zero-order valence-electron chi connectivity index (χ0n) is 10.8. The van der Waals surface area contributed by atoms with Crippen LogP contribution in [0.1, 0.15) is 25.1 Å². The molecule has 1 aliphatic carbocycles. The minimum atomic E-state index is -3.30. The van der Waals surface area contributed by atoms with Crippen LogP contribution in [0.4, 0.5) is 0 Å². The van der Waals surface area contributed by atoms with E-state index >= 15 is 0 Å². The molecule has 1 aromatic heterocycles. The van der Waals surface area contributed by atoms with Gasteiger partial charge >= 0.3 is 0 Å². The van der Waals surface area contributed by atoms with Gasteiger partial charge in [0, 0.05) is 18.0 Å². The normalized spacial score (nSPS) is 23.2. The Labute approximate surface area is 113 Å². The molecule has 1 aliphatic rings. The number of nitrogens with one attached hydrogen (secondary N) is 2. The van der Waals surface area contributed by atoms with Crippen molar-refractivity contribution >= 4 is 21.4 Å². The molecule has 2 unspecified atom stereocenters. The third-order valence-corrected chi connectivity index (χ3v) is 6.26. The number of sulfonamides is 1. The molecule has 2 rings (SSSR count). The maximum Gasteiger partial charge on any atom is 0.250 e. The molecule has 2 N–H and O–H groups in total. The summed E-state index contributed by atoms with van der Waals surface area (Å²) < 4.78 is 27.2. The first kappa shape index (κ1) is 14.0. The van der Waals surface area contributed by atoms with E-state index in [4.69, 9.17) is 0 Å². The van der Waals surface area contributed by atoms with E-state index in [1.54, 1.807) is 6.07 Å². The van der Waals surface area contributed by atoms with Crippen LogP contribution in [-0.4, -0.2) is 21.5 Å². The molecule has 0 amide bonds. The second-order valence-electron chi connectivity index (χ2n) is 4.83. The second-order valence-corrected chi connectivity index (χ2v) is 7.99. The second kappa shape index (κ2) is 5.69. The average Bonchev–Trinajstić information content (AvgIpc) is 2.84. The predicted molar refractivity (Wildman–Crippen MR) is 74.2 cm³/mol. The Kier molecular flexibility index (Phi) is 4.42. The van der Waals surface area contributed by atoms with E-state index in [0.29, 0.717) is 22.6 Å². The van der Waals surface area contributed by atoms with Crippen LogP contribution in [0, 0.1) is 11.8 Å². The lowest BCUT2D eigenvalue weighted by atomic mass is 10.3. The van der Waals surface area contributed by atoms with E-state index in [9.17, 15) is 8.42 Å². The summed E-state index contributed by atoms with van der Waals surface area (Å²) in [6.45, 7) is 6.38. The molecule has 6 heteroatoms. The van der Waals surface area contributed by atoms with Crippen LogP contribution < -0.4 is 10.0 Å². The van der Waals surface area contributed by atoms with Gasteiger partial charge in [0.1, 0.15) is 4.21 Å². The first-order chi connectivity index (χ1) is 8.53. The molecular weight excluding hydrogens is 268 g/mol. The fourth-order valence-corrected chi connectivity index (χ4v) is 4.28. The highest BCUT2D eigenvalue weighted by Crippen LogP contribution is 2.37. The van der Waals surface area contributed by atoms with Crippen molar-refractivity contribution in [2.24, 2.45) is 11.8 Å². The summed E-state index contributed by atoms with van der Waals surface area (Å²) in [6.07, 6.45) is 1.14. The van der Waals surface area contributed by atoms with E-state index in [1.165, 1.54) is 11.3 Å². The van der Waals surface area contributed by atoms with E-state index < -0.39 is 10.0 Å². The summed E-state index contributed by atoms with van der Waals surface area (Å²) in [6, 6.07) is 3.57. The van der Waals surface area contributed by atoms with E-state index in [1.807, 2.05) is 13.0 Å². The van der Waals surface area contributed by atoms with Crippen LogP contribution in [0.2, 0.25) is 0 Å². The lowest BCUT2D eigenvalue weighted by Crippen LogP contribution is -2.25. The molecule has 102 valence electrons. The molecule has 1 aromatic rings. The van der Waals surface area contributed by atoms with Crippen LogP contribution >= 0.6 is 11.3 Å². The highest BCUT2D eigenvalue weighted by atomic mass is 32.2. The average molecular weight is 288 g/mol. The molecule has 1 heterocycles. The maximum absolute atomic E-state index is 12.0. The zero-order chi connectivity index (χ0) is 13.2. The minimum Gasteiger partial charge on any atom is -0.312 e. The van der Waals surface area contributed by atoms with Gasteiger partial charge in [-0.05, 0) is 36.9 Å². The van der Waals surface area contributed by atoms with Crippen LogP contribution in [0.5, 0.6) is 0 Å². The Morgan fingerprint density at radius 3 is 2.78 bits per heavy atom. The third kappa shape index (κ3) is 3.54. The van der Waals surface area contributed by atoms with Gasteiger partial charge in [-0.2, -0.15) is 0 Å². The van der Waals surface area contributed by atoms with Crippen molar-refractivity contribution in [2.45, 2.75) is 31.0 Å². The monoisotopic (exact) mass is 288 g/mol. The smallest absolute Gasteiger partial charge is 0.250 e. The van der Waals surface area contributed by atoms with Gasteiger partial charge in [-0.15, -0.1) is 11.3 Å². The summed E-state index contributed by atoms with van der Waals surface area (Å²) in [5.41, 5.74) is 0. The Hall–Kier alpha value is -0.430. The van der Waals surface area contributed by atoms with Crippen molar-refractivity contribution < 1.29 is 8.42 Å². The van der Waals surface area contributed by atoms with E-state index in [-0.39, 0.29) is 0 Å². The van der Waals surface area contributed by atoms with Gasteiger partial charge in [0.2, 0.25) is 10.0 Å². The van der Waals surface area contributed by atoms with Crippen molar-refractivity contribution in [1.29, 1.82) is 0 Å². The van der Waals surface area contributed by atoms with Gasteiger partial charge in [0.25, 0.3) is 0 Å². The molecule has 0 radical (unpaired) electrons. The fraction of sp³-hybridized carbons (Fsp3) is 0.667. The maximum atomic E-state index is 12.0. The Morgan fingerprint density at radius 1 is 1.44 bits per heavy atom. The molecule has 0 aliphatic heterocycles. The third-order valence-electron chi connectivity index (χ3n) is 3.26. The summed E-state index contributed by atoms with van der Waals surface area (Å²) in [7, 11) is -3.30. The van der Waals surface area contributed by atoms with E-state index in [0.717, 1.165) is 24.4 Å². The summed E-state index contributed by atoms with van der Waals surface area (Å²) in [5.74, 6) is 1.20. The minimum absolute atomic E-state index is 0.420. The van der Waals surface area contributed by atoms with Crippen LogP contribution in [-0.2, 0) is 16.6 Å². The molecule has 4 nitrogen and oxygen atoms in total. The first-order valence-corrected chi connectivity index (χ1v) is 8.62.